The van der Waals surface area contributed by atoms with Gasteiger partial charge in [0.1, 0.15) is 0 Å². The zero-order chi connectivity index (χ0) is 17.9. The van der Waals surface area contributed by atoms with E-state index in [9.17, 15) is 10.2 Å². The second-order valence-corrected chi connectivity index (χ2v) is 7.66. The molecule has 0 rings (SSSR count). The lowest BCUT2D eigenvalue weighted by molar-refractivity contribution is 0.00711. The molecular weight excluding hydrogens is 296 g/mol. The highest BCUT2D eigenvalue weighted by atomic mass is 16.3. The van der Waals surface area contributed by atoms with Crippen LogP contribution in [0.25, 0.3) is 0 Å². The van der Waals surface area contributed by atoms with Crippen molar-refractivity contribution in [2.45, 2.75) is 142 Å². The Morgan fingerprint density at radius 3 is 0.958 bits per heavy atom. The van der Waals surface area contributed by atoms with Gasteiger partial charge in [0.25, 0.3) is 0 Å². The summed E-state index contributed by atoms with van der Waals surface area (Å²) in [6.07, 6.45) is 21.1. The van der Waals surface area contributed by atoms with Crippen molar-refractivity contribution in [3.63, 3.8) is 0 Å². The number of aliphatic hydroxyl groups is 2. The lowest BCUT2D eigenvalue weighted by Crippen LogP contribution is -2.25. The molecule has 2 heteroatoms. The Morgan fingerprint density at radius 1 is 0.417 bits per heavy atom. The van der Waals surface area contributed by atoms with Gasteiger partial charge in [0.05, 0.1) is 12.2 Å². The molecule has 2 nitrogen and oxygen atoms in total. The van der Waals surface area contributed by atoms with E-state index in [2.05, 4.69) is 13.8 Å². The monoisotopic (exact) mass is 342 g/mol. The number of rotatable bonds is 19. The molecule has 2 unspecified atom stereocenters. The third-order valence-corrected chi connectivity index (χ3v) is 5.15. The van der Waals surface area contributed by atoms with E-state index >= 15 is 0 Å². The number of aliphatic hydroxyl groups excluding tert-OH is 2. The van der Waals surface area contributed by atoms with Crippen molar-refractivity contribution in [3.8, 4) is 0 Å². The zero-order valence-electron chi connectivity index (χ0n) is 16.8. The van der Waals surface area contributed by atoms with E-state index in [1.54, 1.807) is 0 Å². The van der Waals surface area contributed by atoms with Crippen LogP contribution in [0.3, 0.4) is 0 Å². The van der Waals surface area contributed by atoms with Gasteiger partial charge in [-0.2, -0.15) is 0 Å². The van der Waals surface area contributed by atoms with E-state index in [0.717, 1.165) is 25.7 Å². The van der Waals surface area contributed by atoms with Gasteiger partial charge in [-0.15, -0.1) is 0 Å². The maximum Gasteiger partial charge on any atom is 0.0799 e. The van der Waals surface area contributed by atoms with Crippen LogP contribution in [-0.4, -0.2) is 22.4 Å². The lowest BCUT2D eigenvalue weighted by atomic mass is 9.99. The van der Waals surface area contributed by atoms with Crippen LogP contribution in [0.4, 0.5) is 0 Å². The molecule has 0 fully saturated rings. The van der Waals surface area contributed by atoms with Crippen molar-refractivity contribution >= 4 is 0 Å². The fraction of sp³-hybridized carbons (Fsp3) is 1.00. The molecule has 0 radical (unpaired) electrons. The van der Waals surface area contributed by atoms with Gasteiger partial charge in [0.2, 0.25) is 0 Å². The third-order valence-electron chi connectivity index (χ3n) is 5.15. The molecule has 0 aliphatic heterocycles. The van der Waals surface area contributed by atoms with Crippen LogP contribution in [-0.2, 0) is 0 Å². The van der Waals surface area contributed by atoms with Crippen molar-refractivity contribution in [1.29, 1.82) is 0 Å². The fourth-order valence-electron chi connectivity index (χ4n) is 3.36. The summed E-state index contributed by atoms with van der Waals surface area (Å²) in [4.78, 5) is 0. The van der Waals surface area contributed by atoms with Gasteiger partial charge in [-0.3, -0.25) is 0 Å². The fourth-order valence-corrected chi connectivity index (χ4v) is 3.36. The average molecular weight is 343 g/mol. The molecule has 146 valence electrons. The molecule has 2 N–H and O–H groups in total. The minimum Gasteiger partial charge on any atom is -0.390 e. The van der Waals surface area contributed by atoms with Crippen molar-refractivity contribution in [3.05, 3.63) is 0 Å². The van der Waals surface area contributed by atoms with Crippen molar-refractivity contribution < 1.29 is 10.2 Å². The first-order chi connectivity index (χ1) is 11.7. The van der Waals surface area contributed by atoms with Gasteiger partial charge < -0.3 is 10.2 Å². The molecule has 0 aromatic carbocycles. The van der Waals surface area contributed by atoms with E-state index in [-0.39, 0.29) is 0 Å². The predicted octanol–water partition coefficient (Wildman–Crippen LogP) is 6.77. The molecule has 0 aromatic heterocycles. The highest BCUT2D eigenvalue weighted by Crippen LogP contribution is 2.15. The van der Waals surface area contributed by atoms with Gasteiger partial charge in [0.15, 0.2) is 0 Å². The minimum atomic E-state index is -0.505. The molecule has 0 bridgehead atoms. The largest absolute Gasteiger partial charge is 0.390 e. The molecule has 0 spiro atoms. The summed E-state index contributed by atoms with van der Waals surface area (Å²) < 4.78 is 0. The quantitative estimate of drug-likeness (QED) is 0.254. The standard InChI is InChI=1S/C22H46O2/c1-3-5-7-9-11-13-15-17-19-21(23)22(24)20-18-16-14-12-10-8-6-4-2/h21-24H,3-20H2,1-2H3. The number of unbranched alkanes of at least 4 members (excludes halogenated alkanes) is 14. The summed E-state index contributed by atoms with van der Waals surface area (Å²) in [6.45, 7) is 4.50. The van der Waals surface area contributed by atoms with Crippen LogP contribution in [0.2, 0.25) is 0 Å². The SMILES string of the molecule is CCCCCCCCCCC(O)C(O)CCCCCCCCCC. The van der Waals surface area contributed by atoms with Gasteiger partial charge in [-0.05, 0) is 12.8 Å². The number of hydrogen-bond acceptors (Lipinski definition) is 2. The third kappa shape index (κ3) is 16.8. The van der Waals surface area contributed by atoms with E-state index in [0.29, 0.717) is 0 Å². The van der Waals surface area contributed by atoms with Gasteiger partial charge in [0, 0.05) is 0 Å². The Bertz CT molecular complexity index is 206. The van der Waals surface area contributed by atoms with Crippen LogP contribution >= 0.6 is 0 Å². The Kier molecular flexibility index (Phi) is 19.2. The van der Waals surface area contributed by atoms with Gasteiger partial charge in [-0.1, -0.05) is 117 Å². The molecule has 0 saturated heterocycles. The predicted molar refractivity (Wildman–Crippen MR) is 106 cm³/mol. The molecule has 0 saturated carbocycles. The van der Waals surface area contributed by atoms with Crippen LogP contribution in [0.15, 0.2) is 0 Å². The molecule has 2 atom stereocenters. The Balaban J connectivity index is 3.32. The molecule has 0 aliphatic rings. The van der Waals surface area contributed by atoms with Crippen LogP contribution in [0, 0.1) is 0 Å². The summed E-state index contributed by atoms with van der Waals surface area (Å²) >= 11 is 0. The number of hydrogen-bond donors (Lipinski definition) is 2. The first kappa shape index (κ1) is 23.9. The summed E-state index contributed by atoms with van der Waals surface area (Å²) in [5.41, 5.74) is 0. The zero-order valence-corrected chi connectivity index (χ0v) is 16.8. The van der Waals surface area contributed by atoms with Crippen molar-refractivity contribution in [2.24, 2.45) is 0 Å². The van der Waals surface area contributed by atoms with E-state index in [1.165, 1.54) is 89.9 Å². The maximum absolute atomic E-state index is 10.0. The second-order valence-electron chi connectivity index (χ2n) is 7.66. The molecular formula is C22H46O2. The van der Waals surface area contributed by atoms with Crippen LogP contribution in [0.1, 0.15) is 129 Å². The average Bonchev–Trinajstić information content (AvgIpc) is 2.59. The first-order valence-corrected chi connectivity index (χ1v) is 11.1. The topological polar surface area (TPSA) is 40.5 Å². The Hall–Kier alpha value is -0.0800. The van der Waals surface area contributed by atoms with Crippen molar-refractivity contribution in [2.75, 3.05) is 0 Å². The van der Waals surface area contributed by atoms with Crippen molar-refractivity contribution in [1.82, 2.24) is 0 Å². The summed E-state index contributed by atoms with van der Waals surface area (Å²) in [7, 11) is 0. The summed E-state index contributed by atoms with van der Waals surface area (Å²) in [5, 5.41) is 20.1. The lowest BCUT2D eigenvalue weighted by Gasteiger charge is -2.17. The minimum absolute atomic E-state index is 0.505. The van der Waals surface area contributed by atoms with E-state index in [1.807, 2.05) is 0 Å². The maximum atomic E-state index is 10.0. The normalized spacial score (nSPS) is 14.0. The summed E-state index contributed by atoms with van der Waals surface area (Å²) in [6, 6.07) is 0. The molecule has 0 amide bonds. The molecule has 24 heavy (non-hydrogen) atoms. The van der Waals surface area contributed by atoms with Gasteiger partial charge >= 0.3 is 0 Å². The summed E-state index contributed by atoms with van der Waals surface area (Å²) in [5.74, 6) is 0. The van der Waals surface area contributed by atoms with Gasteiger partial charge in [-0.25, -0.2) is 0 Å². The second kappa shape index (κ2) is 19.2. The Labute approximate surface area is 152 Å². The highest BCUT2D eigenvalue weighted by molar-refractivity contribution is 4.67. The molecule has 0 aliphatic carbocycles. The van der Waals surface area contributed by atoms with E-state index in [4.69, 9.17) is 0 Å². The highest BCUT2D eigenvalue weighted by Gasteiger charge is 2.15. The Morgan fingerprint density at radius 2 is 0.667 bits per heavy atom. The smallest absolute Gasteiger partial charge is 0.0799 e. The first-order valence-electron chi connectivity index (χ1n) is 11.1. The molecule has 0 heterocycles. The van der Waals surface area contributed by atoms with Crippen LogP contribution in [0.5, 0.6) is 0 Å². The molecule has 0 aromatic rings. The van der Waals surface area contributed by atoms with Crippen LogP contribution < -0.4 is 0 Å². The van der Waals surface area contributed by atoms with E-state index < -0.39 is 12.2 Å².